The molecular weight excluding hydrogens is 218 g/mol. The molecule has 0 aliphatic rings. The molecule has 0 radical (unpaired) electrons. The third-order valence-electron chi connectivity index (χ3n) is 3.95. The lowest BCUT2D eigenvalue weighted by atomic mass is 9.81. The molecule has 0 saturated heterocycles. The van der Waals surface area contributed by atoms with E-state index in [1.54, 1.807) is 0 Å². The van der Waals surface area contributed by atoms with E-state index in [4.69, 9.17) is 0 Å². The Bertz CT molecular complexity index is 334. The molecule has 0 saturated carbocycles. The first-order valence-electron chi connectivity index (χ1n) is 7.10. The Balaban J connectivity index is 2.66. The Labute approximate surface area is 113 Å². The highest BCUT2D eigenvalue weighted by atomic mass is 14.9. The summed E-state index contributed by atoms with van der Waals surface area (Å²) in [6.07, 6.45) is 0. The Hall–Kier alpha value is -0.820. The highest BCUT2D eigenvalue weighted by Crippen LogP contribution is 2.27. The van der Waals surface area contributed by atoms with Crippen molar-refractivity contribution in [3.63, 3.8) is 0 Å². The SMILES string of the molecule is CC(C)C(NCC(C)C(C)(C)C)c1ccccc1. The van der Waals surface area contributed by atoms with Crippen molar-refractivity contribution >= 4 is 0 Å². The highest BCUT2D eigenvalue weighted by molar-refractivity contribution is 5.19. The van der Waals surface area contributed by atoms with Crippen LogP contribution in [0.3, 0.4) is 0 Å². The second-order valence-electron chi connectivity index (χ2n) is 6.81. The molecule has 2 unspecified atom stereocenters. The van der Waals surface area contributed by atoms with E-state index in [2.05, 4.69) is 77.2 Å². The Kier molecular flexibility index (Phi) is 5.40. The first-order valence-corrected chi connectivity index (χ1v) is 7.10. The Morgan fingerprint density at radius 3 is 2.00 bits per heavy atom. The van der Waals surface area contributed by atoms with E-state index in [9.17, 15) is 0 Å². The van der Waals surface area contributed by atoms with Crippen LogP contribution in [0, 0.1) is 17.3 Å². The van der Waals surface area contributed by atoms with Gasteiger partial charge in [-0.25, -0.2) is 0 Å². The van der Waals surface area contributed by atoms with Crippen molar-refractivity contribution in [2.75, 3.05) is 6.54 Å². The van der Waals surface area contributed by atoms with Crippen LogP contribution in [0.25, 0.3) is 0 Å². The van der Waals surface area contributed by atoms with Gasteiger partial charge in [0.05, 0.1) is 0 Å². The van der Waals surface area contributed by atoms with Crippen LogP contribution >= 0.6 is 0 Å². The molecule has 0 fully saturated rings. The van der Waals surface area contributed by atoms with Crippen molar-refractivity contribution in [3.8, 4) is 0 Å². The zero-order valence-electron chi connectivity index (χ0n) is 12.8. The third kappa shape index (κ3) is 4.45. The monoisotopic (exact) mass is 247 g/mol. The van der Waals surface area contributed by atoms with Gasteiger partial charge in [0.25, 0.3) is 0 Å². The van der Waals surface area contributed by atoms with Gasteiger partial charge in [-0.1, -0.05) is 71.9 Å². The van der Waals surface area contributed by atoms with Gasteiger partial charge in [-0.2, -0.15) is 0 Å². The predicted octanol–water partition coefficient (Wildman–Crippen LogP) is 4.66. The first-order chi connectivity index (χ1) is 8.32. The van der Waals surface area contributed by atoms with Crippen LogP contribution in [0.1, 0.15) is 53.1 Å². The molecule has 1 nitrogen and oxygen atoms in total. The summed E-state index contributed by atoms with van der Waals surface area (Å²) >= 11 is 0. The summed E-state index contributed by atoms with van der Waals surface area (Å²) in [5.41, 5.74) is 1.76. The molecule has 0 heterocycles. The molecule has 0 spiro atoms. The van der Waals surface area contributed by atoms with Crippen LogP contribution in [0.15, 0.2) is 30.3 Å². The van der Waals surface area contributed by atoms with Crippen LogP contribution in [0.2, 0.25) is 0 Å². The summed E-state index contributed by atoms with van der Waals surface area (Å²) in [6, 6.07) is 11.2. The number of nitrogens with one attached hydrogen (secondary N) is 1. The van der Waals surface area contributed by atoms with Crippen LogP contribution in [0.4, 0.5) is 0 Å². The van der Waals surface area contributed by atoms with Crippen molar-refractivity contribution in [3.05, 3.63) is 35.9 Å². The smallest absolute Gasteiger partial charge is 0.0343 e. The molecule has 0 aliphatic heterocycles. The molecule has 2 atom stereocenters. The summed E-state index contributed by atoms with van der Waals surface area (Å²) in [5, 5.41) is 3.74. The van der Waals surface area contributed by atoms with E-state index >= 15 is 0 Å². The molecule has 0 amide bonds. The molecule has 0 aliphatic carbocycles. The lowest BCUT2D eigenvalue weighted by molar-refractivity contribution is 0.237. The minimum Gasteiger partial charge on any atom is -0.309 e. The maximum absolute atomic E-state index is 3.74. The van der Waals surface area contributed by atoms with Gasteiger partial charge >= 0.3 is 0 Å². The van der Waals surface area contributed by atoms with E-state index < -0.39 is 0 Å². The topological polar surface area (TPSA) is 12.0 Å². The van der Waals surface area contributed by atoms with Gasteiger partial charge in [0, 0.05) is 6.04 Å². The minimum atomic E-state index is 0.366. The third-order valence-corrected chi connectivity index (χ3v) is 3.95. The molecule has 0 aromatic heterocycles. The molecule has 1 heteroatoms. The highest BCUT2D eigenvalue weighted by Gasteiger charge is 2.22. The van der Waals surface area contributed by atoms with E-state index in [1.165, 1.54) is 5.56 Å². The van der Waals surface area contributed by atoms with Gasteiger partial charge in [-0.15, -0.1) is 0 Å². The summed E-state index contributed by atoms with van der Waals surface area (Å²) in [7, 11) is 0. The first kappa shape index (κ1) is 15.2. The molecular formula is C17H29N. The van der Waals surface area contributed by atoms with Gasteiger partial charge in [0.1, 0.15) is 0 Å². The van der Waals surface area contributed by atoms with Crippen molar-refractivity contribution in [1.29, 1.82) is 0 Å². The molecule has 102 valence electrons. The number of hydrogen-bond acceptors (Lipinski definition) is 1. The van der Waals surface area contributed by atoms with E-state index in [-0.39, 0.29) is 0 Å². The minimum absolute atomic E-state index is 0.366. The fourth-order valence-corrected chi connectivity index (χ4v) is 2.01. The zero-order chi connectivity index (χ0) is 13.8. The van der Waals surface area contributed by atoms with Crippen molar-refractivity contribution in [2.45, 2.75) is 47.6 Å². The fourth-order valence-electron chi connectivity index (χ4n) is 2.01. The maximum atomic E-state index is 3.74. The number of benzene rings is 1. The van der Waals surface area contributed by atoms with Gasteiger partial charge in [0.15, 0.2) is 0 Å². The van der Waals surface area contributed by atoms with Gasteiger partial charge in [-0.3, -0.25) is 0 Å². The number of hydrogen-bond donors (Lipinski definition) is 1. The van der Waals surface area contributed by atoms with Crippen molar-refractivity contribution < 1.29 is 0 Å². The summed E-state index contributed by atoms with van der Waals surface area (Å²) in [5.74, 6) is 1.28. The quantitative estimate of drug-likeness (QED) is 0.798. The summed E-state index contributed by atoms with van der Waals surface area (Å²) < 4.78 is 0. The molecule has 18 heavy (non-hydrogen) atoms. The average molecular weight is 247 g/mol. The average Bonchev–Trinajstić information content (AvgIpc) is 2.28. The summed E-state index contributed by atoms with van der Waals surface area (Å²) in [4.78, 5) is 0. The molecule has 1 aromatic carbocycles. The summed E-state index contributed by atoms with van der Waals surface area (Å²) in [6.45, 7) is 14.9. The Morgan fingerprint density at radius 2 is 1.56 bits per heavy atom. The van der Waals surface area contributed by atoms with Crippen LogP contribution in [-0.4, -0.2) is 6.54 Å². The maximum Gasteiger partial charge on any atom is 0.0343 e. The molecule has 1 rings (SSSR count). The van der Waals surface area contributed by atoms with Crippen molar-refractivity contribution in [1.82, 2.24) is 5.32 Å². The standard InChI is InChI=1S/C17H29N/c1-13(2)16(15-10-8-7-9-11-15)18-12-14(3)17(4,5)6/h7-11,13-14,16,18H,12H2,1-6H3. The van der Waals surface area contributed by atoms with Gasteiger partial charge in [0.2, 0.25) is 0 Å². The van der Waals surface area contributed by atoms with Gasteiger partial charge < -0.3 is 5.32 Å². The van der Waals surface area contributed by atoms with E-state index in [0.717, 1.165) is 6.54 Å². The van der Waals surface area contributed by atoms with E-state index in [0.29, 0.717) is 23.3 Å². The van der Waals surface area contributed by atoms with Gasteiger partial charge in [-0.05, 0) is 29.4 Å². The van der Waals surface area contributed by atoms with Crippen molar-refractivity contribution in [2.24, 2.45) is 17.3 Å². The van der Waals surface area contributed by atoms with Crippen LogP contribution in [-0.2, 0) is 0 Å². The van der Waals surface area contributed by atoms with Crippen LogP contribution in [0.5, 0.6) is 0 Å². The normalized spacial score (nSPS) is 15.7. The largest absolute Gasteiger partial charge is 0.309 e. The Morgan fingerprint density at radius 1 is 1.00 bits per heavy atom. The second-order valence-corrected chi connectivity index (χ2v) is 6.81. The lowest BCUT2D eigenvalue weighted by Gasteiger charge is -2.31. The lowest BCUT2D eigenvalue weighted by Crippen LogP contribution is -2.34. The predicted molar refractivity (Wildman–Crippen MR) is 80.6 cm³/mol. The zero-order valence-corrected chi connectivity index (χ0v) is 12.8. The number of rotatable bonds is 5. The molecule has 0 bridgehead atoms. The molecule has 1 N–H and O–H groups in total. The second kappa shape index (κ2) is 6.38. The van der Waals surface area contributed by atoms with Crippen LogP contribution < -0.4 is 5.32 Å². The molecule has 1 aromatic rings. The van der Waals surface area contributed by atoms with E-state index in [1.807, 2.05) is 0 Å². The fraction of sp³-hybridized carbons (Fsp3) is 0.647.